The van der Waals surface area contributed by atoms with Gasteiger partial charge in [-0.2, -0.15) is 0 Å². The van der Waals surface area contributed by atoms with Gasteiger partial charge in [0.15, 0.2) is 0 Å². The Hall–Kier alpha value is -2.07. The Labute approximate surface area is 132 Å². The fraction of sp³-hybridized carbons (Fsp3) is 0.389. The standard InChI is InChI=1S/C18H23N3O/c1-22-18-8-2-5-15(11-18)12-20-16-6-4-10-21(14-16)17-7-3-9-19-13-17/h2-3,5,7-9,11,13,16,20H,4,6,10,12,14H2,1H3/t16-/m0/s1. The van der Waals surface area contributed by atoms with Gasteiger partial charge in [0.05, 0.1) is 19.0 Å². The summed E-state index contributed by atoms with van der Waals surface area (Å²) in [5.74, 6) is 0.917. The van der Waals surface area contributed by atoms with Crippen molar-refractivity contribution >= 4 is 5.69 Å². The van der Waals surface area contributed by atoms with Crippen LogP contribution in [0.15, 0.2) is 48.8 Å². The highest BCUT2D eigenvalue weighted by Crippen LogP contribution is 2.19. The lowest BCUT2D eigenvalue weighted by Gasteiger charge is -2.34. The molecule has 1 aromatic carbocycles. The summed E-state index contributed by atoms with van der Waals surface area (Å²) < 4.78 is 5.28. The Bertz CT molecular complexity index is 588. The molecule has 116 valence electrons. The van der Waals surface area contributed by atoms with Gasteiger partial charge in [-0.05, 0) is 42.7 Å². The molecule has 1 aliphatic heterocycles. The van der Waals surface area contributed by atoms with E-state index in [-0.39, 0.29) is 0 Å². The molecule has 0 saturated carbocycles. The number of nitrogens with one attached hydrogen (secondary N) is 1. The van der Waals surface area contributed by atoms with Crippen LogP contribution < -0.4 is 15.0 Å². The van der Waals surface area contributed by atoms with Crippen LogP contribution in [0.25, 0.3) is 0 Å². The number of methoxy groups -OCH3 is 1. The number of hydrogen-bond donors (Lipinski definition) is 1. The zero-order valence-corrected chi connectivity index (χ0v) is 13.0. The van der Waals surface area contributed by atoms with Crippen LogP contribution in [0.1, 0.15) is 18.4 Å². The fourth-order valence-electron chi connectivity index (χ4n) is 2.96. The van der Waals surface area contributed by atoms with Gasteiger partial charge < -0.3 is 15.0 Å². The Kier molecular flexibility index (Phi) is 4.91. The van der Waals surface area contributed by atoms with Crippen LogP contribution >= 0.6 is 0 Å². The zero-order valence-electron chi connectivity index (χ0n) is 13.0. The smallest absolute Gasteiger partial charge is 0.119 e. The van der Waals surface area contributed by atoms with Crippen LogP contribution in [0.2, 0.25) is 0 Å². The second-order valence-corrected chi connectivity index (χ2v) is 5.73. The van der Waals surface area contributed by atoms with Crippen molar-refractivity contribution in [3.63, 3.8) is 0 Å². The number of hydrogen-bond acceptors (Lipinski definition) is 4. The van der Waals surface area contributed by atoms with E-state index in [1.54, 1.807) is 7.11 Å². The van der Waals surface area contributed by atoms with Crippen LogP contribution in [0.3, 0.4) is 0 Å². The maximum atomic E-state index is 5.28. The minimum atomic E-state index is 0.514. The first-order chi connectivity index (χ1) is 10.8. The third-order valence-corrected chi connectivity index (χ3v) is 4.16. The first kappa shape index (κ1) is 14.9. The van der Waals surface area contributed by atoms with Crippen molar-refractivity contribution in [1.82, 2.24) is 10.3 Å². The molecule has 4 nitrogen and oxygen atoms in total. The normalized spacial score (nSPS) is 18.2. The number of rotatable bonds is 5. The molecule has 22 heavy (non-hydrogen) atoms. The summed E-state index contributed by atoms with van der Waals surface area (Å²) in [7, 11) is 1.71. The second kappa shape index (κ2) is 7.27. The van der Waals surface area contributed by atoms with E-state index in [1.165, 1.54) is 24.1 Å². The summed E-state index contributed by atoms with van der Waals surface area (Å²) in [5, 5.41) is 3.67. The Balaban J connectivity index is 1.56. The molecule has 0 amide bonds. The van der Waals surface area contributed by atoms with Crippen LogP contribution in [0, 0.1) is 0 Å². The molecule has 1 atom stereocenters. The van der Waals surface area contributed by atoms with E-state index in [2.05, 4.69) is 33.4 Å². The minimum Gasteiger partial charge on any atom is -0.497 e. The zero-order chi connectivity index (χ0) is 15.2. The van der Waals surface area contributed by atoms with Gasteiger partial charge in [-0.25, -0.2) is 0 Å². The first-order valence-corrected chi connectivity index (χ1v) is 7.86. The minimum absolute atomic E-state index is 0.514. The van der Waals surface area contributed by atoms with Crippen molar-refractivity contribution in [3.8, 4) is 5.75 Å². The number of piperidine rings is 1. The van der Waals surface area contributed by atoms with E-state index in [1.807, 2.05) is 30.6 Å². The predicted molar refractivity (Wildman–Crippen MR) is 89.3 cm³/mol. The third-order valence-electron chi connectivity index (χ3n) is 4.16. The molecule has 1 saturated heterocycles. The van der Waals surface area contributed by atoms with Crippen molar-refractivity contribution in [2.45, 2.75) is 25.4 Å². The summed E-state index contributed by atoms with van der Waals surface area (Å²) in [6.45, 7) is 3.03. The lowest BCUT2D eigenvalue weighted by Crippen LogP contribution is -2.45. The fourth-order valence-corrected chi connectivity index (χ4v) is 2.96. The topological polar surface area (TPSA) is 37.4 Å². The molecule has 0 bridgehead atoms. The molecular weight excluding hydrogens is 274 g/mol. The van der Waals surface area contributed by atoms with Crippen molar-refractivity contribution in [1.29, 1.82) is 0 Å². The number of anilines is 1. The lowest BCUT2D eigenvalue weighted by molar-refractivity contribution is 0.410. The van der Waals surface area contributed by atoms with Crippen LogP contribution in [0.5, 0.6) is 5.75 Å². The van der Waals surface area contributed by atoms with Gasteiger partial charge in [0, 0.05) is 31.9 Å². The van der Waals surface area contributed by atoms with Crippen molar-refractivity contribution < 1.29 is 4.74 Å². The number of aromatic nitrogens is 1. The van der Waals surface area contributed by atoms with Gasteiger partial charge in [-0.3, -0.25) is 4.98 Å². The third kappa shape index (κ3) is 3.77. The highest BCUT2D eigenvalue weighted by molar-refractivity contribution is 5.44. The maximum absolute atomic E-state index is 5.28. The summed E-state index contributed by atoms with van der Waals surface area (Å²) >= 11 is 0. The Morgan fingerprint density at radius 1 is 1.32 bits per heavy atom. The lowest BCUT2D eigenvalue weighted by atomic mass is 10.0. The predicted octanol–water partition coefficient (Wildman–Crippen LogP) is 2.85. The van der Waals surface area contributed by atoms with Gasteiger partial charge in [0.1, 0.15) is 5.75 Å². The quantitative estimate of drug-likeness (QED) is 0.921. The molecule has 4 heteroatoms. The molecule has 3 rings (SSSR count). The highest BCUT2D eigenvalue weighted by Gasteiger charge is 2.19. The molecule has 1 aliphatic rings. The SMILES string of the molecule is COc1cccc(CN[C@H]2CCCN(c3cccnc3)C2)c1. The molecule has 1 fully saturated rings. The van der Waals surface area contributed by atoms with Crippen molar-refractivity contribution in [2.75, 3.05) is 25.1 Å². The molecule has 0 unspecified atom stereocenters. The molecular formula is C18H23N3O. The van der Waals surface area contributed by atoms with E-state index in [4.69, 9.17) is 4.74 Å². The first-order valence-electron chi connectivity index (χ1n) is 7.86. The van der Waals surface area contributed by atoms with Gasteiger partial charge in [-0.1, -0.05) is 12.1 Å². The summed E-state index contributed by atoms with van der Waals surface area (Å²) in [5.41, 5.74) is 2.48. The average molecular weight is 297 g/mol. The molecule has 2 aromatic rings. The summed E-state index contributed by atoms with van der Waals surface area (Å²) in [6, 6.07) is 12.9. The molecule has 1 N–H and O–H groups in total. The second-order valence-electron chi connectivity index (χ2n) is 5.73. The van der Waals surface area contributed by atoms with E-state index >= 15 is 0 Å². The van der Waals surface area contributed by atoms with E-state index in [0.29, 0.717) is 6.04 Å². The average Bonchev–Trinajstić information content (AvgIpc) is 2.61. The van der Waals surface area contributed by atoms with E-state index in [0.717, 1.165) is 25.4 Å². The van der Waals surface area contributed by atoms with Gasteiger partial charge >= 0.3 is 0 Å². The van der Waals surface area contributed by atoms with Crippen molar-refractivity contribution in [2.24, 2.45) is 0 Å². The molecule has 1 aromatic heterocycles. The largest absolute Gasteiger partial charge is 0.497 e. The Morgan fingerprint density at radius 3 is 3.09 bits per heavy atom. The highest BCUT2D eigenvalue weighted by atomic mass is 16.5. The monoisotopic (exact) mass is 297 g/mol. The van der Waals surface area contributed by atoms with Crippen LogP contribution in [-0.2, 0) is 6.54 Å². The summed E-state index contributed by atoms with van der Waals surface area (Å²) in [4.78, 5) is 6.64. The molecule has 0 radical (unpaired) electrons. The van der Waals surface area contributed by atoms with Crippen LogP contribution in [0.4, 0.5) is 5.69 Å². The van der Waals surface area contributed by atoms with E-state index < -0.39 is 0 Å². The van der Waals surface area contributed by atoms with Gasteiger partial charge in [0.2, 0.25) is 0 Å². The number of nitrogens with zero attached hydrogens (tertiary/aromatic N) is 2. The molecule has 0 spiro atoms. The molecule has 0 aliphatic carbocycles. The summed E-state index contributed by atoms with van der Waals surface area (Å²) in [6.07, 6.45) is 6.21. The number of ether oxygens (including phenoxy) is 1. The van der Waals surface area contributed by atoms with Crippen LogP contribution in [-0.4, -0.2) is 31.2 Å². The maximum Gasteiger partial charge on any atom is 0.119 e. The Morgan fingerprint density at radius 2 is 2.27 bits per heavy atom. The van der Waals surface area contributed by atoms with Crippen molar-refractivity contribution in [3.05, 3.63) is 54.4 Å². The number of benzene rings is 1. The molecule has 2 heterocycles. The van der Waals surface area contributed by atoms with E-state index in [9.17, 15) is 0 Å². The number of pyridine rings is 1. The van der Waals surface area contributed by atoms with Gasteiger partial charge in [0.25, 0.3) is 0 Å². The van der Waals surface area contributed by atoms with Gasteiger partial charge in [-0.15, -0.1) is 0 Å².